The van der Waals surface area contributed by atoms with Gasteiger partial charge in [-0.3, -0.25) is 14.9 Å². The molecule has 3 rings (SSSR count). The summed E-state index contributed by atoms with van der Waals surface area (Å²) in [6.45, 7) is 1.44. The van der Waals surface area contributed by atoms with Gasteiger partial charge >= 0.3 is 5.97 Å². The molecule has 0 bridgehead atoms. The van der Waals surface area contributed by atoms with Crippen LogP contribution in [-0.4, -0.2) is 22.9 Å². The van der Waals surface area contributed by atoms with Crippen LogP contribution in [0, 0.1) is 10.1 Å². The molecule has 0 unspecified atom stereocenters. The lowest BCUT2D eigenvalue weighted by atomic mass is 10.0. The fourth-order valence-corrected chi connectivity index (χ4v) is 2.62. The second kappa shape index (κ2) is 7.65. The monoisotopic (exact) mass is 364 g/mol. The molecular formula is C20H16N2O5. The van der Waals surface area contributed by atoms with Crippen molar-refractivity contribution in [2.75, 3.05) is 5.32 Å². The molecule has 0 aliphatic rings. The molecular weight excluding hydrogens is 348 g/mol. The van der Waals surface area contributed by atoms with Crippen LogP contribution in [-0.2, 0) is 9.53 Å². The number of hydrogen-bond donors (Lipinski definition) is 1. The minimum absolute atomic E-state index is 0.145. The van der Waals surface area contributed by atoms with Gasteiger partial charge in [-0.25, -0.2) is 4.79 Å². The third kappa shape index (κ3) is 4.09. The quantitative estimate of drug-likeness (QED) is 0.420. The van der Waals surface area contributed by atoms with E-state index in [1.54, 1.807) is 18.2 Å². The number of non-ortho nitro benzene ring substituents is 1. The number of rotatable bonds is 5. The van der Waals surface area contributed by atoms with Gasteiger partial charge in [0.25, 0.3) is 11.6 Å². The van der Waals surface area contributed by atoms with E-state index in [4.69, 9.17) is 4.74 Å². The maximum atomic E-state index is 12.5. The number of hydrogen-bond acceptors (Lipinski definition) is 5. The third-order valence-corrected chi connectivity index (χ3v) is 3.99. The van der Waals surface area contributed by atoms with Gasteiger partial charge in [0.1, 0.15) is 0 Å². The standard InChI is InChI=1S/C20H16N2O5/c1-13(19(23)21-15-8-5-9-16(12-15)22(25)26)27-20(24)18-11-4-7-14-6-2-3-10-17(14)18/h2-13H,1H3,(H,21,23)/t13-/m0/s1. The predicted molar refractivity (Wildman–Crippen MR) is 101 cm³/mol. The number of amides is 1. The molecule has 27 heavy (non-hydrogen) atoms. The van der Waals surface area contributed by atoms with Crippen LogP contribution in [0.4, 0.5) is 11.4 Å². The second-order valence-corrected chi connectivity index (χ2v) is 5.87. The molecule has 0 radical (unpaired) electrons. The summed E-state index contributed by atoms with van der Waals surface area (Å²) in [7, 11) is 0. The first kappa shape index (κ1) is 18.1. The molecule has 0 saturated heterocycles. The van der Waals surface area contributed by atoms with Crippen LogP contribution in [0.5, 0.6) is 0 Å². The first-order valence-corrected chi connectivity index (χ1v) is 8.20. The van der Waals surface area contributed by atoms with Gasteiger partial charge in [0, 0.05) is 17.8 Å². The molecule has 0 aliphatic heterocycles. The first-order valence-electron chi connectivity index (χ1n) is 8.20. The van der Waals surface area contributed by atoms with Crippen LogP contribution >= 0.6 is 0 Å². The largest absolute Gasteiger partial charge is 0.449 e. The van der Waals surface area contributed by atoms with E-state index in [0.29, 0.717) is 5.56 Å². The van der Waals surface area contributed by atoms with Gasteiger partial charge in [-0.05, 0) is 29.8 Å². The van der Waals surface area contributed by atoms with Crippen molar-refractivity contribution >= 4 is 34.0 Å². The molecule has 0 fully saturated rings. The van der Waals surface area contributed by atoms with Crippen LogP contribution < -0.4 is 5.32 Å². The summed E-state index contributed by atoms with van der Waals surface area (Å²) in [6.07, 6.45) is -1.07. The number of carbonyl (C=O) groups is 2. The highest BCUT2D eigenvalue weighted by atomic mass is 16.6. The highest BCUT2D eigenvalue weighted by molar-refractivity contribution is 6.05. The summed E-state index contributed by atoms with van der Waals surface area (Å²) >= 11 is 0. The van der Waals surface area contributed by atoms with Gasteiger partial charge in [-0.15, -0.1) is 0 Å². The van der Waals surface area contributed by atoms with Crippen LogP contribution in [0.2, 0.25) is 0 Å². The Kier molecular flexibility index (Phi) is 5.12. The van der Waals surface area contributed by atoms with E-state index < -0.39 is 22.9 Å². The Morgan fingerprint density at radius 2 is 1.74 bits per heavy atom. The van der Waals surface area contributed by atoms with Gasteiger partial charge in [-0.1, -0.05) is 42.5 Å². The van der Waals surface area contributed by atoms with Crippen LogP contribution in [0.3, 0.4) is 0 Å². The topological polar surface area (TPSA) is 98.5 Å². The van der Waals surface area contributed by atoms with Gasteiger partial charge in [0.2, 0.25) is 0 Å². The number of carbonyl (C=O) groups excluding carboxylic acids is 2. The van der Waals surface area contributed by atoms with E-state index >= 15 is 0 Å². The molecule has 1 amide bonds. The molecule has 3 aromatic carbocycles. The summed E-state index contributed by atoms with van der Waals surface area (Å²) in [5.41, 5.74) is 0.471. The number of fused-ring (bicyclic) bond motifs is 1. The zero-order valence-electron chi connectivity index (χ0n) is 14.4. The van der Waals surface area contributed by atoms with Crippen LogP contribution in [0.15, 0.2) is 66.7 Å². The Balaban J connectivity index is 1.71. The molecule has 0 saturated carbocycles. The number of nitro groups is 1. The Hall–Kier alpha value is -3.74. The molecule has 7 nitrogen and oxygen atoms in total. The molecule has 7 heteroatoms. The zero-order valence-corrected chi connectivity index (χ0v) is 14.4. The van der Waals surface area contributed by atoms with E-state index in [0.717, 1.165) is 10.8 Å². The van der Waals surface area contributed by atoms with Crippen molar-refractivity contribution in [1.82, 2.24) is 0 Å². The Morgan fingerprint density at radius 3 is 2.52 bits per heavy atom. The Bertz CT molecular complexity index is 1030. The molecule has 3 aromatic rings. The summed E-state index contributed by atoms with van der Waals surface area (Å²) in [5.74, 6) is -1.20. The Labute approximate surface area is 154 Å². The van der Waals surface area contributed by atoms with Crippen LogP contribution in [0.25, 0.3) is 10.8 Å². The summed E-state index contributed by atoms with van der Waals surface area (Å²) in [4.78, 5) is 35.0. The average Bonchev–Trinajstić information content (AvgIpc) is 2.67. The van der Waals surface area contributed by atoms with Crippen molar-refractivity contribution in [3.8, 4) is 0 Å². The molecule has 0 heterocycles. The van der Waals surface area contributed by atoms with E-state index in [1.165, 1.54) is 31.2 Å². The number of nitrogens with one attached hydrogen (secondary N) is 1. The molecule has 0 aromatic heterocycles. The molecule has 0 spiro atoms. The molecule has 0 aliphatic carbocycles. The highest BCUT2D eigenvalue weighted by Crippen LogP contribution is 2.20. The van der Waals surface area contributed by atoms with Gasteiger partial charge < -0.3 is 10.1 Å². The first-order chi connectivity index (χ1) is 13.0. The van der Waals surface area contributed by atoms with Gasteiger partial charge in [-0.2, -0.15) is 0 Å². The number of anilines is 1. The van der Waals surface area contributed by atoms with Crippen molar-refractivity contribution in [1.29, 1.82) is 0 Å². The fourth-order valence-electron chi connectivity index (χ4n) is 2.62. The third-order valence-electron chi connectivity index (χ3n) is 3.99. The number of nitrogens with zero attached hydrogens (tertiary/aromatic N) is 1. The lowest BCUT2D eigenvalue weighted by Gasteiger charge is -2.14. The predicted octanol–water partition coefficient (Wildman–Crippen LogP) is 3.93. The summed E-state index contributed by atoms with van der Waals surface area (Å²) in [6, 6.07) is 18.2. The minimum atomic E-state index is -1.07. The van der Waals surface area contributed by atoms with Crippen molar-refractivity contribution in [2.24, 2.45) is 0 Å². The number of ether oxygens (including phenoxy) is 1. The molecule has 1 N–H and O–H groups in total. The van der Waals surface area contributed by atoms with Gasteiger partial charge in [0.05, 0.1) is 10.5 Å². The van der Waals surface area contributed by atoms with E-state index in [9.17, 15) is 19.7 Å². The fraction of sp³-hybridized carbons (Fsp3) is 0.100. The highest BCUT2D eigenvalue weighted by Gasteiger charge is 2.21. The summed E-state index contributed by atoms with van der Waals surface area (Å²) < 4.78 is 5.27. The minimum Gasteiger partial charge on any atom is -0.449 e. The smallest absolute Gasteiger partial charge is 0.339 e. The SMILES string of the molecule is C[C@H](OC(=O)c1cccc2ccccc12)C(=O)Nc1cccc([N+](=O)[O-])c1. The second-order valence-electron chi connectivity index (χ2n) is 5.87. The van der Waals surface area contributed by atoms with Crippen molar-refractivity contribution in [3.05, 3.63) is 82.4 Å². The molecule has 136 valence electrons. The maximum absolute atomic E-state index is 12.5. The lowest BCUT2D eigenvalue weighted by Crippen LogP contribution is -2.30. The zero-order chi connectivity index (χ0) is 19.4. The number of esters is 1. The molecule has 1 atom stereocenters. The van der Waals surface area contributed by atoms with Crippen molar-refractivity contribution in [2.45, 2.75) is 13.0 Å². The van der Waals surface area contributed by atoms with Crippen molar-refractivity contribution in [3.63, 3.8) is 0 Å². The number of benzene rings is 3. The average molecular weight is 364 g/mol. The lowest BCUT2D eigenvalue weighted by molar-refractivity contribution is -0.384. The van der Waals surface area contributed by atoms with Crippen molar-refractivity contribution < 1.29 is 19.2 Å². The van der Waals surface area contributed by atoms with Gasteiger partial charge in [0.15, 0.2) is 6.10 Å². The van der Waals surface area contributed by atoms with E-state index in [1.807, 2.05) is 24.3 Å². The summed E-state index contributed by atoms with van der Waals surface area (Å²) in [5, 5.41) is 14.9. The maximum Gasteiger partial charge on any atom is 0.339 e. The van der Waals surface area contributed by atoms with Crippen LogP contribution in [0.1, 0.15) is 17.3 Å². The normalized spacial score (nSPS) is 11.6. The Morgan fingerprint density at radius 1 is 1.04 bits per heavy atom. The van der Waals surface area contributed by atoms with E-state index in [2.05, 4.69) is 5.32 Å². The van der Waals surface area contributed by atoms with E-state index in [-0.39, 0.29) is 11.4 Å². The number of nitro benzene ring substituents is 1.